The summed E-state index contributed by atoms with van der Waals surface area (Å²) >= 11 is 0. The van der Waals surface area contributed by atoms with Crippen LogP contribution in [-0.2, 0) is 5.41 Å². The van der Waals surface area contributed by atoms with Gasteiger partial charge in [-0.25, -0.2) is 0 Å². The molecule has 17 heavy (non-hydrogen) atoms. The summed E-state index contributed by atoms with van der Waals surface area (Å²) in [6.07, 6.45) is 0. The maximum absolute atomic E-state index is 9.04. The van der Waals surface area contributed by atoms with Crippen LogP contribution in [0.3, 0.4) is 0 Å². The molecule has 0 bridgehead atoms. The van der Waals surface area contributed by atoms with E-state index in [1.54, 1.807) is 7.11 Å². The quantitative estimate of drug-likeness (QED) is 0.846. The van der Waals surface area contributed by atoms with Crippen LogP contribution >= 0.6 is 0 Å². The van der Waals surface area contributed by atoms with Crippen LogP contribution in [0.25, 0.3) is 0 Å². The number of anilines is 1. The number of rotatable bonds is 4. The van der Waals surface area contributed by atoms with Gasteiger partial charge in [0.25, 0.3) is 0 Å². The number of aliphatic hydroxyl groups is 1. The SMILES string of the molecule is COc1cc(C(C)(C)C)ccc1NC(C)CO. The Labute approximate surface area is 104 Å². The first-order chi connectivity index (χ1) is 7.88. The Morgan fingerprint density at radius 2 is 2.00 bits per heavy atom. The maximum atomic E-state index is 9.04. The van der Waals surface area contributed by atoms with E-state index in [2.05, 4.69) is 32.2 Å². The maximum Gasteiger partial charge on any atom is 0.142 e. The predicted octanol–water partition coefficient (Wildman–Crippen LogP) is 2.79. The molecule has 1 rings (SSSR count). The average Bonchev–Trinajstić information content (AvgIpc) is 2.27. The normalized spacial score (nSPS) is 13.3. The number of nitrogens with one attached hydrogen (secondary N) is 1. The van der Waals surface area contributed by atoms with Crippen LogP contribution in [0.2, 0.25) is 0 Å². The lowest BCUT2D eigenvalue weighted by Gasteiger charge is -2.22. The van der Waals surface area contributed by atoms with Gasteiger partial charge in [0.05, 0.1) is 19.4 Å². The molecule has 0 spiro atoms. The third kappa shape index (κ3) is 3.63. The Morgan fingerprint density at radius 1 is 1.35 bits per heavy atom. The molecule has 0 amide bonds. The van der Waals surface area contributed by atoms with Crippen LogP contribution in [0.1, 0.15) is 33.3 Å². The molecule has 3 nitrogen and oxygen atoms in total. The summed E-state index contributed by atoms with van der Waals surface area (Å²) in [4.78, 5) is 0. The van der Waals surface area contributed by atoms with Crippen LogP contribution in [0, 0.1) is 0 Å². The molecule has 0 aliphatic heterocycles. The fourth-order valence-electron chi connectivity index (χ4n) is 1.59. The summed E-state index contributed by atoms with van der Waals surface area (Å²) in [5, 5.41) is 12.3. The Balaban J connectivity index is 3.01. The van der Waals surface area contributed by atoms with Crippen molar-refractivity contribution in [3.63, 3.8) is 0 Å². The van der Waals surface area contributed by atoms with Crippen molar-refractivity contribution >= 4 is 5.69 Å². The standard InChI is InChI=1S/C14H23NO2/c1-10(9-16)15-12-7-6-11(14(2,3)4)8-13(12)17-5/h6-8,10,15-16H,9H2,1-5H3. The second-order valence-corrected chi connectivity index (χ2v) is 5.39. The summed E-state index contributed by atoms with van der Waals surface area (Å²) in [5.41, 5.74) is 2.26. The van der Waals surface area contributed by atoms with Gasteiger partial charge in [0, 0.05) is 6.04 Å². The van der Waals surface area contributed by atoms with E-state index >= 15 is 0 Å². The van der Waals surface area contributed by atoms with Crippen molar-refractivity contribution in [2.24, 2.45) is 0 Å². The van der Waals surface area contributed by atoms with Crippen LogP contribution in [0.15, 0.2) is 18.2 Å². The van der Waals surface area contributed by atoms with Gasteiger partial charge in [-0.1, -0.05) is 26.8 Å². The van der Waals surface area contributed by atoms with E-state index in [0.717, 1.165) is 11.4 Å². The number of methoxy groups -OCH3 is 1. The average molecular weight is 237 g/mol. The molecule has 0 aliphatic rings. The molecule has 1 atom stereocenters. The number of hydrogen-bond donors (Lipinski definition) is 2. The number of aliphatic hydroxyl groups excluding tert-OH is 1. The number of ether oxygens (including phenoxy) is 1. The highest BCUT2D eigenvalue weighted by molar-refractivity contribution is 5.59. The topological polar surface area (TPSA) is 41.5 Å². The molecule has 0 heterocycles. The van der Waals surface area contributed by atoms with Gasteiger partial charge in [0.15, 0.2) is 0 Å². The van der Waals surface area contributed by atoms with Gasteiger partial charge in [-0.3, -0.25) is 0 Å². The molecule has 0 saturated heterocycles. The molecule has 0 aromatic heterocycles. The van der Waals surface area contributed by atoms with Gasteiger partial charge in [0.2, 0.25) is 0 Å². The first-order valence-corrected chi connectivity index (χ1v) is 5.94. The van der Waals surface area contributed by atoms with Crippen LogP contribution in [0.4, 0.5) is 5.69 Å². The molecule has 1 aromatic rings. The Hall–Kier alpha value is -1.22. The summed E-state index contributed by atoms with van der Waals surface area (Å²) in [6.45, 7) is 8.54. The third-order valence-corrected chi connectivity index (χ3v) is 2.74. The zero-order valence-electron chi connectivity index (χ0n) is 11.4. The van der Waals surface area contributed by atoms with Crippen LogP contribution in [0.5, 0.6) is 5.75 Å². The number of benzene rings is 1. The molecule has 0 radical (unpaired) electrons. The van der Waals surface area contributed by atoms with Crippen molar-refractivity contribution in [1.82, 2.24) is 0 Å². The molecule has 96 valence electrons. The van der Waals surface area contributed by atoms with Crippen molar-refractivity contribution in [2.45, 2.75) is 39.2 Å². The molecule has 3 heteroatoms. The molecular formula is C14H23NO2. The second-order valence-electron chi connectivity index (χ2n) is 5.39. The van der Waals surface area contributed by atoms with Gasteiger partial charge >= 0.3 is 0 Å². The smallest absolute Gasteiger partial charge is 0.142 e. The lowest BCUT2D eigenvalue weighted by molar-refractivity contribution is 0.281. The van der Waals surface area contributed by atoms with E-state index in [4.69, 9.17) is 9.84 Å². The van der Waals surface area contributed by atoms with Crippen molar-refractivity contribution in [3.8, 4) is 5.75 Å². The molecule has 2 N–H and O–H groups in total. The molecule has 1 aromatic carbocycles. The Bertz CT molecular complexity index is 369. The van der Waals surface area contributed by atoms with E-state index in [1.165, 1.54) is 5.56 Å². The highest BCUT2D eigenvalue weighted by Gasteiger charge is 2.16. The molecule has 0 fully saturated rings. The zero-order valence-corrected chi connectivity index (χ0v) is 11.4. The lowest BCUT2D eigenvalue weighted by atomic mass is 9.87. The molecule has 1 unspecified atom stereocenters. The van der Waals surface area contributed by atoms with E-state index in [9.17, 15) is 0 Å². The summed E-state index contributed by atoms with van der Waals surface area (Å²) in [7, 11) is 1.66. The van der Waals surface area contributed by atoms with Crippen molar-refractivity contribution in [2.75, 3.05) is 19.0 Å². The molecule has 0 aliphatic carbocycles. The summed E-state index contributed by atoms with van der Waals surface area (Å²) < 4.78 is 5.38. The fraction of sp³-hybridized carbons (Fsp3) is 0.571. The van der Waals surface area contributed by atoms with Gasteiger partial charge in [-0.15, -0.1) is 0 Å². The van der Waals surface area contributed by atoms with E-state index in [-0.39, 0.29) is 18.1 Å². The Morgan fingerprint density at radius 3 is 2.47 bits per heavy atom. The highest BCUT2D eigenvalue weighted by Crippen LogP contribution is 2.31. The first-order valence-electron chi connectivity index (χ1n) is 5.94. The fourth-order valence-corrected chi connectivity index (χ4v) is 1.59. The highest BCUT2D eigenvalue weighted by atomic mass is 16.5. The lowest BCUT2D eigenvalue weighted by Crippen LogP contribution is -2.20. The van der Waals surface area contributed by atoms with Gasteiger partial charge in [0.1, 0.15) is 5.75 Å². The minimum absolute atomic E-state index is 0.0180. The van der Waals surface area contributed by atoms with E-state index in [0.29, 0.717) is 0 Å². The summed E-state index contributed by atoms with van der Waals surface area (Å²) in [6, 6.07) is 6.16. The molecular weight excluding hydrogens is 214 g/mol. The van der Waals surface area contributed by atoms with Crippen molar-refractivity contribution in [1.29, 1.82) is 0 Å². The van der Waals surface area contributed by atoms with Crippen molar-refractivity contribution in [3.05, 3.63) is 23.8 Å². The minimum Gasteiger partial charge on any atom is -0.495 e. The zero-order chi connectivity index (χ0) is 13.1. The van der Waals surface area contributed by atoms with Gasteiger partial charge < -0.3 is 15.2 Å². The predicted molar refractivity (Wildman–Crippen MR) is 71.9 cm³/mol. The second kappa shape index (κ2) is 5.41. The third-order valence-electron chi connectivity index (χ3n) is 2.74. The van der Waals surface area contributed by atoms with E-state index in [1.807, 2.05) is 19.1 Å². The van der Waals surface area contributed by atoms with Crippen LogP contribution < -0.4 is 10.1 Å². The number of hydrogen-bond acceptors (Lipinski definition) is 3. The Kier molecular flexibility index (Phi) is 4.40. The van der Waals surface area contributed by atoms with Gasteiger partial charge in [-0.05, 0) is 30.0 Å². The summed E-state index contributed by atoms with van der Waals surface area (Å²) in [5.74, 6) is 0.817. The van der Waals surface area contributed by atoms with E-state index < -0.39 is 0 Å². The largest absolute Gasteiger partial charge is 0.495 e. The monoisotopic (exact) mass is 237 g/mol. The first kappa shape index (κ1) is 13.8. The molecule has 0 saturated carbocycles. The minimum atomic E-state index is 0.0180. The van der Waals surface area contributed by atoms with Crippen molar-refractivity contribution < 1.29 is 9.84 Å². The van der Waals surface area contributed by atoms with Gasteiger partial charge in [-0.2, -0.15) is 0 Å². The van der Waals surface area contributed by atoms with Crippen LogP contribution in [-0.4, -0.2) is 24.9 Å².